The van der Waals surface area contributed by atoms with Crippen LogP contribution in [0.3, 0.4) is 0 Å². The number of phenolic OH excluding ortho intramolecular Hbond substituents is 1. The van der Waals surface area contributed by atoms with Gasteiger partial charge in [0.2, 0.25) is 11.6 Å². The maximum atomic E-state index is 13.3. The van der Waals surface area contributed by atoms with Crippen LogP contribution in [-0.2, 0) is 19.3 Å². The molecule has 0 saturated heterocycles. The molecule has 166 valence electrons. The van der Waals surface area contributed by atoms with Gasteiger partial charge in [0.1, 0.15) is 17.0 Å². The zero-order valence-electron chi connectivity index (χ0n) is 17.5. The molecule has 0 radical (unpaired) electrons. The highest BCUT2D eigenvalue weighted by atomic mass is 35.5. The third kappa shape index (κ3) is 4.73. The van der Waals surface area contributed by atoms with Crippen LogP contribution in [-0.4, -0.2) is 50.2 Å². The number of hydrogen-bond acceptors (Lipinski definition) is 8. The first-order chi connectivity index (χ1) is 14.7. The molecular weight excluding hydrogens is 440 g/mol. The van der Waals surface area contributed by atoms with Crippen molar-refractivity contribution in [1.29, 1.82) is 0 Å². The summed E-state index contributed by atoms with van der Waals surface area (Å²) >= 11 is 6.25. The molecule has 2 aromatic rings. The van der Waals surface area contributed by atoms with E-state index in [-0.39, 0.29) is 27.4 Å². The molecule has 31 heavy (non-hydrogen) atoms. The lowest BCUT2D eigenvalue weighted by atomic mass is 9.82. The average Bonchev–Trinajstić information content (AvgIpc) is 2.74. The minimum absolute atomic E-state index is 0.0430. The molecule has 3 atom stereocenters. The monoisotopic (exact) mass is 464 g/mol. The first-order valence-electron chi connectivity index (χ1n) is 9.93. The van der Waals surface area contributed by atoms with E-state index in [4.69, 9.17) is 11.6 Å². The Hall–Kier alpha value is -2.49. The van der Waals surface area contributed by atoms with Crippen LogP contribution in [0.1, 0.15) is 26.7 Å². The number of carbonyl (C=O) groups is 2. The summed E-state index contributed by atoms with van der Waals surface area (Å²) in [6.07, 6.45) is 6.02. The number of halogens is 1. The van der Waals surface area contributed by atoms with Gasteiger partial charge in [0.25, 0.3) is 0 Å². The number of pyridine rings is 1. The van der Waals surface area contributed by atoms with Crippen molar-refractivity contribution >= 4 is 44.3 Å². The Morgan fingerprint density at radius 1 is 1.13 bits per heavy atom. The largest absolute Gasteiger partial charge is 0.504 e. The molecule has 0 amide bonds. The fourth-order valence-electron chi connectivity index (χ4n) is 3.45. The zero-order chi connectivity index (χ0) is 22.8. The number of Topliss-reactive ketones (excluding diaryl/α,β-unsaturated/α-hetero) is 2. The first kappa shape index (κ1) is 23.2. The number of ketones is 2. The van der Waals surface area contributed by atoms with Crippen LogP contribution in [0.2, 0.25) is 5.02 Å². The van der Waals surface area contributed by atoms with Crippen molar-refractivity contribution in [2.75, 3.05) is 11.6 Å². The Balaban J connectivity index is 1.94. The summed E-state index contributed by atoms with van der Waals surface area (Å²) in [5.41, 5.74) is 0.576. The predicted octanol–water partition coefficient (Wildman–Crippen LogP) is 3.31. The van der Waals surface area contributed by atoms with Gasteiger partial charge >= 0.3 is 0 Å². The number of phenols is 1. The second kappa shape index (κ2) is 9.33. The van der Waals surface area contributed by atoms with Crippen LogP contribution in [0.5, 0.6) is 5.75 Å². The third-order valence-electron chi connectivity index (χ3n) is 5.26. The van der Waals surface area contributed by atoms with E-state index < -0.39 is 33.4 Å². The summed E-state index contributed by atoms with van der Waals surface area (Å²) in [5, 5.41) is 17.0. The Bertz CT molecular complexity index is 1110. The number of nitrogens with zero attached hydrogens (tertiary/aromatic N) is 2. The number of benzene rings is 1. The Morgan fingerprint density at radius 2 is 1.74 bits per heavy atom. The van der Waals surface area contributed by atoms with Gasteiger partial charge in [0.05, 0.1) is 26.1 Å². The summed E-state index contributed by atoms with van der Waals surface area (Å²) in [5.74, 6) is -1.44. The lowest BCUT2D eigenvalue weighted by molar-refractivity contribution is -0.145. The number of hydrogen-bond donors (Lipinski definition) is 3. The van der Waals surface area contributed by atoms with Gasteiger partial charge in [-0.05, 0) is 37.1 Å². The molecule has 1 aliphatic rings. The number of nitrogens with one attached hydrogen (secondary N) is 2. The number of aromatic hydroxyl groups is 1. The van der Waals surface area contributed by atoms with Crippen LogP contribution in [0.15, 0.2) is 45.9 Å². The number of anilines is 1. The summed E-state index contributed by atoms with van der Waals surface area (Å²) in [4.78, 5) is 28.1. The molecule has 0 bridgehead atoms. The van der Waals surface area contributed by atoms with E-state index in [0.29, 0.717) is 5.69 Å². The smallest absolute Gasteiger partial charge is 0.224 e. The first-order valence-corrected chi connectivity index (χ1v) is 12.2. The van der Waals surface area contributed by atoms with Gasteiger partial charge < -0.3 is 15.7 Å². The molecular formula is C21H25ClN4O4S. The molecule has 3 rings (SSSR count). The van der Waals surface area contributed by atoms with Crippen molar-refractivity contribution in [1.82, 2.24) is 10.3 Å². The van der Waals surface area contributed by atoms with Crippen LogP contribution >= 0.6 is 11.6 Å². The van der Waals surface area contributed by atoms with Gasteiger partial charge in [-0.2, -0.15) is 4.36 Å². The molecule has 1 aliphatic carbocycles. The van der Waals surface area contributed by atoms with Crippen molar-refractivity contribution < 1.29 is 18.9 Å². The fourth-order valence-corrected chi connectivity index (χ4v) is 5.55. The predicted molar refractivity (Wildman–Crippen MR) is 120 cm³/mol. The molecule has 3 N–H and O–H groups in total. The second-order valence-electron chi connectivity index (χ2n) is 7.38. The van der Waals surface area contributed by atoms with Gasteiger partial charge in [-0.1, -0.05) is 25.4 Å². The molecule has 10 heteroatoms. The van der Waals surface area contributed by atoms with E-state index in [1.807, 2.05) is 13.8 Å². The summed E-state index contributed by atoms with van der Waals surface area (Å²) in [6.45, 7) is 3.99. The van der Waals surface area contributed by atoms with Gasteiger partial charge in [-0.25, -0.2) is 4.21 Å². The second-order valence-corrected chi connectivity index (χ2v) is 9.98. The highest BCUT2D eigenvalue weighted by Gasteiger charge is 2.49. The lowest BCUT2D eigenvalue weighted by Crippen LogP contribution is -2.68. The van der Waals surface area contributed by atoms with Crippen molar-refractivity contribution in [2.45, 2.75) is 49.7 Å². The molecule has 1 heterocycles. The van der Waals surface area contributed by atoms with E-state index in [1.54, 1.807) is 12.1 Å². The Morgan fingerprint density at radius 3 is 2.35 bits per heavy atom. The molecule has 8 nitrogen and oxygen atoms in total. The lowest BCUT2D eigenvalue weighted by Gasteiger charge is -2.37. The van der Waals surface area contributed by atoms with Crippen molar-refractivity contribution in [2.24, 2.45) is 4.36 Å². The molecule has 1 saturated carbocycles. The highest BCUT2D eigenvalue weighted by Crippen LogP contribution is 2.39. The molecule has 3 unspecified atom stereocenters. The SMILES string of the molecule is CCC(CC)NC1C(=O)C(=O)C1Nc1ccc(Cl)c(S(C)(=O)=Nc2ccncc2)c1O. The van der Waals surface area contributed by atoms with Crippen molar-refractivity contribution in [3.8, 4) is 5.75 Å². The molecule has 1 aromatic carbocycles. The zero-order valence-corrected chi connectivity index (χ0v) is 19.0. The number of carbonyl (C=O) groups excluding carboxylic acids is 2. The minimum atomic E-state index is -3.13. The quantitative estimate of drug-likeness (QED) is 0.404. The fraction of sp³-hybridized carbons (Fsp3) is 0.381. The van der Waals surface area contributed by atoms with Crippen LogP contribution in [0.25, 0.3) is 0 Å². The summed E-state index contributed by atoms with van der Waals surface area (Å²) in [7, 11) is -3.13. The normalized spacial score (nSPS) is 20.3. The number of rotatable bonds is 8. The van der Waals surface area contributed by atoms with Gasteiger partial charge in [0, 0.05) is 24.7 Å². The molecule has 1 aromatic heterocycles. The summed E-state index contributed by atoms with van der Waals surface area (Å²) < 4.78 is 17.6. The van der Waals surface area contributed by atoms with E-state index in [0.717, 1.165) is 12.8 Å². The minimum Gasteiger partial charge on any atom is -0.504 e. The van der Waals surface area contributed by atoms with Crippen LogP contribution in [0.4, 0.5) is 11.4 Å². The van der Waals surface area contributed by atoms with E-state index in [1.165, 1.54) is 30.8 Å². The standard InChI is InChI=1S/C21H25ClN4O4S/c1-4-12(5-2)24-16-17(20(29)19(16)28)25-15-7-6-14(22)21(18(15)27)31(3,30)26-13-8-10-23-11-9-13/h6-12,16-17,24-25,27H,4-5H2,1-3H3. The van der Waals surface area contributed by atoms with E-state index in [2.05, 4.69) is 20.0 Å². The van der Waals surface area contributed by atoms with Gasteiger partial charge in [-0.15, -0.1) is 0 Å². The van der Waals surface area contributed by atoms with Crippen LogP contribution < -0.4 is 10.6 Å². The van der Waals surface area contributed by atoms with E-state index in [9.17, 15) is 18.9 Å². The van der Waals surface area contributed by atoms with Crippen LogP contribution in [0, 0.1) is 0 Å². The van der Waals surface area contributed by atoms with Gasteiger partial charge in [0.15, 0.2) is 5.75 Å². The Labute approximate surface area is 186 Å². The highest BCUT2D eigenvalue weighted by molar-refractivity contribution is 7.93. The molecule has 0 aliphatic heterocycles. The molecule has 1 fully saturated rings. The van der Waals surface area contributed by atoms with Crippen molar-refractivity contribution in [3.63, 3.8) is 0 Å². The van der Waals surface area contributed by atoms with E-state index >= 15 is 0 Å². The topological polar surface area (TPSA) is 121 Å². The maximum absolute atomic E-state index is 13.3. The molecule has 0 spiro atoms. The van der Waals surface area contributed by atoms with Gasteiger partial charge in [-0.3, -0.25) is 14.6 Å². The average molecular weight is 465 g/mol. The maximum Gasteiger partial charge on any atom is 0.224 e. The summed E-state index contributed by atoms with van der Waals surface area (Å²) in [6, 6.07) is 4.69. The Kier molecular flexibility index (Phi) is 6.98. The number of aromatic nitrogens is 1. The third-order valence-corrected chi connectivity index (χ3v) is 7.41. The van der Waals surface area contributed by atoms with Crippen molar-refractivity contribution in [3.05, 3.63) is 41.7 Å².